The number of benzene rings is 1. The van der Waals surface area contributed by atoms with Crippen LogP contribution >= 0.6 is 11.9 Å². The van der Waals surface area contributed by atoms with Crippen molar-refractivity contribution in [3.8, 4) is 0 Å². The van der Waals surface area contributed by atoms with Gasteiger partial charge in [0.05, 0.1) is 19.3 Å². The van der Waals surface area contributed by atoms with Crippen LogP contribution in [0, 0.1) is 6.92 Å². The number of rotatable bonds is 14. The highest BCUT2D eigenvalue weighted by molar-refractivity contribution is 8.04. The van der Waals surface area contributed by atoms with Crippen LogP contribution in [0.1, 0.15) is 81.5 Å². The molecule has 2 aliphatic rings. The second-order valence-electron chi connectivity index (χ2n) is 10.9. The van der Waals surface area contributed by atoms with Crippen LogP contribution < -0.4 is 4.72 Å². The summed E-state index contributed by atoms with van der Waals surface area (Å²) in [4.78, 5) is 20.9. The van der Waals surface area contributed by atoms with Gasteiger partial charge in [-0.25, -0.2) is 8.78 Å². The number of carbonyl (C=O) groups excluding carboxylic acids is 1. The molecule has 2 heterocycles. The molecule has 10 heteroatoms. The van der Waals surface area contributed by atoms with Crippen molar-refractivity contribution in [2.45, 2.75) is 90.8 Å². The van der Waals surface area contributed by atoms with Crippen molar-refractivity contribution < 1.29 is 22.8 Å². The lowest BCUT2D eigenvalue weighted by atomic mass is 9.96. The smallest absolute Gasteiger partial charge is 0.256 e. The Labute approximate surface area is 251 Å². The number of aliphatic imine (C=N–C) groups is 1. The first-order valence-corrected chi connectivity index (χ1v) is 15.2. The van der Waals surface area contributed by atoms with Gasteiger partial charge in [-0.3, -0.25) is 19.4 Å². The Balaban J connectivity index is 1.60. The standard InChI is InChI=1S/C32H40F2N4O3S/c1-6-8-11-27(42-37-29-22(3)19-35-41-29)23(4)26-13-12-24(18-25(26)21-40-7-2)20-38-28(14-17-31(5,33)34)36-32(30(38)39)15-9-10-16-32/h6,8,11-13,18-19,37H,4,7,9-10,14-17,20-21H2,1-3,5H3/b8-6-,27-11+. The number of amidine groups is 1. The Morgan fingerprint density at radius 1 is 1.33 bits per heavy atom. The number of hydrogen-bond acceptors (Lipinski definition) is 7. The molecule has 1 aromatic carbocycles. The maximum atomic E-state index is 13.8. The van der Waals surface area contributed by atoms with Crippen molar-refractivity contribution in [2.24, 2.45) is 4.99 Å². The Kier molecular flexibility index (Phi) is 10.4. The number of anilines is 1. The summed E-state index contributed by atoms with van der Waals surface area (Å²) >= 11 is 1.37. The van der Waals surface area contributed by atoms with Crippen LogP contribution in [0.15, 0.2) is 63.6 Å². The van der Waals surface area contributed by atoms with Crippen molar-refractivity contribution in [3.05, 3.63) is 76.4 Å². The van der Waals surface area contributed by atoms with Crippen LogP contribution in [-0.2, 0) is 22.7 Å². The minimum absolute atomic E-state index is 0.0612. The van der Waals surface area contributed by atoms with E-state index in [1.54, 1.807) is 11.1 Å². The third-order valence-electron chi connectivity index (χ3n) is 7.55. The zero-order valence-corrected chi connectivity index (χ0v) is 25.7. The Hall–Kier alpha value is -3.24. The van der Waals surface area contributed by atoms with Crippen molar-refractivity contribution >= 4 is 35.1 Å². The number of hydrogen-bond donors (Lipinski definition) is 1. The van der Waals surface area contributed by atoms with Gasteiger partial charge in [-0.2, -0.15) is 0 Å². The molecule has 0 atom stereocenters. The van der Waals surface area contributed by atoms with Crippen molar-refractivity contribution in [1.29, 1.82) is 0 Å². The van der Waals surface area contributed by atoms with Gasteiger partial charge >= 0.3 is 0 Å². The van der Waals surface area contributed by atoms with Crippen LogP contribution in [0.4, 0.5) is 14.7 Å². The van der Waals surface area contributed by atoms with Gasteiger partial charge in [0.1, 0.15) is 11.4 Å². The van der Waals surface area contributed by atoms with E-state index in [0.717, 1.165) is 52.5 Å². The number of halogens is 2. The molecule has 1 N–H and O–H groups in total. The van der Waals surface area contributed by atoms with Crippen LogP contribution in [0.2, 0.25) is 0 Å². The quantitative estimate of drug-likeness (QED) is 0.174. The molecule has 4 rings (SSSR count). The second kappa shape index (κ2) is 13.8. The summed E-state index contributed by atoms with van der Waals surface area (Å²) in [6.07, 6.45) is 10.4. The van der Waals surface area contributed by atoms with E-state index in [1.807, 2.05) is 57.2 Å². The van der Waals surface area contributed by atoms with E-state index in [2.05, 4.69) is 16.5 Å². The van der Waals surface area contributed by atoms with Gasteiger partial charge in [0.2, 0.25) is 11.8 Å². The second-order valence-corrected chi connectivity index (χ2v) is 11.8. The summed E-state index contributed by atoms with van der Waals surface area (Å²) in [6.45, 7) is 12.3. The summed E-state index contributed by atoms with van der Waals surface area (Å²) in [6, 6.07) is 5.96. The van der Waals surface area contributed by atoms with Crippen molar-refractivity contribution in [2.75, 3.05) is 11.3 Å². The highest BCUT2D eigenvalue weighted by Gasteiger charge is 2.49. The average molecular weight is 599 g/mol. The molecule has 226 valence electrons. The third-order valence-corrected chi connectivity index (χ3v) is 8.44. The molecule has 0 radical (unpaired) electrons. The number of aryl methyl sites for hydroxylation is 1. The molecule has 1 aliphatic carbocycles. The fourth-order valence-electron chi connectivity index (χ4n) is 5.25. The SMILES string of the molecule is C=C(/C(=C\C=C/C)SNc1oncc1C)c1ccc(CN2C(=O)C3(CCCC3)N=C2CCC(C)(F)F)cc1COCC. The first-order valence-electron chi connectivity index (χ1n) is 14.4. The van der Waals surface area contributed by atoms with Gasteiger partial charge in [-0.05, 0) is 80.8 Å². The van der Waals surface area contributed by atoms with E-state index in [4.69, 9.17) is 14.3 Å². The number of nitrogens with one attached hydrogen (secondary N) is 1. The highest BCUT2D eigenvalue weighted by Crippen LogP contribution is 2.41. The maximum Gasteiger partial charge on any atom is 0.256 e. The lowest BCUT2D eigenvalue weighted by molar-refractivity contribution is -0.131. The number of aromatic nitrogens is 1. The number of nitrogens with zero attached hydrogens (tertiary/aromatic N) is 3. The topological polar surface area (TPSA) is 80.0 Å². The van der Waals surface area contributed by atoms with Gasteiger partial charge in [0, 0.05) is 29.9 Å². The highest BCUT2D eigenvalue weighted by atomic mass is 32.2. The number of amides is 1. The molecule has 2 aromatic rings. The molecule has 1 spiro atoms. The summed E-state index contributed by atoms with van der Waals surface area (Å²) in [5.41, 5.74) is 3.59. The number of carbonyl (C=O) groups is 1. The molecular weight excluding hydrogens is 558 g/mol. The molecule has 0 bridgehead atoms. The fraction of sp³-hybridized carbons (Fsp3) is 0.469. The van der Waals surface area contributed by atoms with E-state index in [9.17, 15) is 13.6 Å². The maximum absolute atomic E-state index is 13.8. The lowest BCUT2D eigenvalue weighted by Crippen LogP contribution is -2.40. The normalized spacial score (nSPS) is 17.1. The summed E-state index contributed by atoms with van der Waals surface area (Å²) in [7, 11) is 0. The Morgan fingerprint density at radius 2 is 2.10 bits per heavy atom. The van der Waals surface area contributed by atoms with Gasteiger partial charge in [0.15, 0.2) is 0 Å². The van der Waals surface area contributed by atoms with Crippen LogP contribution in [0.3, 0.4) is 0 Å². The number of allylic oxidation sites excluding steroid dienone is 4. The third kappa shape index (κ3) is 7.58. The molecule has 1 amide bonds. The van der Waals surface area contributed by atoms with E-state index >= 15 is 0 Å². The average Bonchev–Trinajstić information content (AvgIpc) is 3.67. The summed E-state index contributed by atoms with van der Waals surface area (Å²) in [5.74, 6) is -1.87. The molecule has 1 fully saturated rings. The van der Waals surface area contributed by atoms with Crippen LogP contribution in [-0.4, -0.2) is 39.9 Å². The lowest BCUT2D eigenvalue weighted by Gasteiger charge is -2.24. The molecule has 42 heavy (non-hydrogen) atoms. The molecule has 1 aromatic heterocycles. The minimum Gasteiger partial charge on any atom is -0.377 e. The van der Waals surface area contributed by atoms with Crippen molar-refractivity contribution in [3.63, 3.8) is 0 Å². The monoisotopic (exact) mass is 598 g/mol. The molecular formula is C32H40F2N4O3S. The summed E-state index contributed by atoms with van der Waals surface area (Å²) < 4.78 is 41.9. The van der Waals surface area contributed by atoms with Crippen molar-refractivity contribution in [1.82, 2.24) is 10.1 Å². The Bertz CT molecular complexity index is 1370. The molecule has 1 aliphatic heterocycles. The zero-order valence-electron chi connectivity index (χ0n) is 24.8. The first kappa shape index (κ1) is 31.7. The van der Waals surface area contributed by atoms with E-state index in [0.29, 0.717) is 37.8 Å². The largest absolute Gasteiger partial charge is 0.377 e. The van der Waals surface area contributed by atoms with Crippen LogP contribution in [0.25, 0.3) is 5.57 Å². The van der Waals surface area contributed by atoms with Gasteiger partial charge in [-0.1, -0.05) is 54.9 Å². The number of ether oxygens (including phenoxy) is 1. The fourth-order valence-corrected chi connectivity index (χ4v) is 6.03. The predicted octanol–water partition coefficient (Wildman–Crippen LogP) is 8.24. The minimum atomic E-state index is -2.83. The molecule has 7 nitrogen and oxygen atoms in total. The molecule has 0 unspecified atom stereocenters. The Morgan fingerprint density at radius 3 is 2.74 bits per heavy atom. The van der Waals surface area contributed by atoms with E-state index in [1.165, 1.54) is 11.9 Å². The van der Waals surface area contributed by atoms with Gasteiger partial charge in [-0.15, -0.1) is 0 Å². The first-order chi connectivity index (χ1) is 20.1. The molecule has 1 saturated carbocycles. The van der Waals surface area contributed by atoms with Gasteiger partial charge < -0.3 is 9.26 Å². The van der Waals surface area contributed by atoms with E-state index in [-0.39, 0.29) is 25.3 Å². The number of alkyl halides is 2. The molecule has 0 saturated heterocycles. The summed E-state index contributed by atoms with van der Waals surface area (Å²) in [5, 5.41) is 3.83. The van der Waals surface area contributed by atoms with E-state index < -0.39 is 11.5 Å². The van der Waals surface area contributed by atoms with Gasteiger partial charge in [0.25, 0.3) is 5.91 Å². The van der Waals surface area contributed by atoms with Crippen LogP contribution in [0.5, 0.6) is 0 Å². The predicted molar refractivity (Wildman–Crippen MR) is 165 cm³/mol. The zero-order chi connectivity index (χ0) is 30.3.